The number of piperazine rings is 1. The maximum absolute atomic E-state index is 13.6. The number of nitrogens with one attached hydrogen (secondary N) is 2. The summed E-state index contributed by atoms with van der Waals surface area (Å²) in [5, 5.41) is 4.08. The van der Waals surface area contributed by atoms with E-state index in [2.05, 4.69) is 32.1 Å². The number of benzene rings is 1. The number of likely N-dealkylation sites (tertiary alicyclic amines) is 1. The molecule has 36 heavy (non-hydrogen) atoms. The van der Waals surface area contributed by atoms with Gasteiger partial charge in [0.05, 0.1) is 0 Å². The summed E-state index contributed by atoms with van der Waals surface area (Å²) in [7, 11) is 2.18. The summed E-state index contributed by atoms with van der Waals surface area (Å²) in [5.41, 5.74) is 2.42. The lowest BCUT2D eigenvalue weighted by Crippen LogP contribution is -2.57. The van der Waals surface area contributed by atoms with Crippen molar-refractivity contribution in [2.24, 2.45) is 0 Å². The van der Waals surface area contributed by atoms with E-state index in [1.807, 2.05) is 41.4 Å². The Balaban J connectivity index is 0.00000304. The Hall–Kier alpha value is -2.94. The monoisotopic (exact) mass is 510 g/mol. The molecule has 2 aromatic heterocycles. The fourth-order valence-electron chi connectivity index (χ4n) is 5.27. The number of hydrogen-bond acceptors (Lipinski definition) is 5. The molecule has 0 unspecified atom stereocenters. The van der Waals surface area contributed by atoms with Gasteiger partial charge in [-0.05, 0) is 74.3 Å². The molecule has 1 aromatic carbocycles. The highest BCUT2D eigenvalue weighted by atomic mass is 35.5. The number of carbonyl (C=O) groups is 2. The summed E-state index contributed by atoms with van der Waals surface area (Å²) in [6.45, 7) is 5.44. The van der Waals surface area contributed by atoms with Gasteiger partial charge in [0.2, 0.25) is 5.91 Å². The first kappa shape index (κ1) is 26.1. The van der Waals surface area contributed by atoms with Crippen molar-refractivity contribution in [3.63, 3.8) is 0 Å². The van der Waals surface area contributed by atoms with Crippen LogP contribution in [0, 0.1) is 0 Å². The van der Waals surface area contributed by atoms with Crippen molar-refractivity contribution in [2.45, 2.75) is 31.3 Å². The standard InChI is InChI=1S/C27H34N6O2.ClH/c1-31-12-7-23(8-13-31)32-14-16-33(17-15-32)27(35)25(18-20-4-9-28-10-5-20)30-26(34)22-3-2-21-6-11-29-24(21)19-22;/h2-6,9-11,19,23,25,29H,7-8,12-18H2,1H3,(H,30,34);1H/t25-;/m1./s1. The van der Waals surface area contributed by atoms with Gasteiger partial charge in [-0.15, -0.1) is 12.4 Å². The van der Waals surface area contributed by atoms with Gasteiger partial charge in [-0.1, -0.05) is 6.07 Å². The number of nitrogens with zero attached hydrogens (tertiary/aromatic N) is 4. The lowest BCUT2D eigenvalue weighted by Gasteiger charge is -2.42. The van der Waals surface area contributed by atoms with Gasteiger partial charge in [-0.25, -0.2) is 0 Å². The zero-order valence-corrected chi connectivity index (χ0v) is 21.5. The molecule has 0 aliphatic carbocycles. The molecule has 9 heteroatoms. The molecule has 2 aliphatic rings. The highest BCUT2D eigenvalue weighted by molar-refractivity contribution is 6.00. The molecular formula is C27H35ClN6O2. The maximum atomic E-state index is 13.6. The normalized spacial score (nSPS) is 18.5. The molecule has 0 bridgehead atoms. The van der Waals surface area contributed by atoms with Gasteiger partial charge in [0.1, 0.15) is 6.04 Å². The van der Waals surface area contributed by atoms with E-state index in [9.17, 15) is 9.59 Å². The summed E-state index contributed by atoms with van der Waals surface area (Å²) in [4.78, 5) is 40.9. The van der Waals surface area contributed by atoms with Gasteiger partial charge < -0.3 is 20.1 Å². The number of rotatable bonds is 6. The van der Waals surface area contributed by atoms with Crippen LogP contribution in [0.25, 0.3) is 10.9 Å². The molecular weight excluding hydrogens is 476 g/mol. The van der Waals surface area contributed by atoms with Crippen LogP contribution in [0.4, 0.5) is 0 Å². The first-order valence-corrected chi connectivity index (χ1v) is 12.5. The number of aromatic nitrogens is 2. The number of hydrogen-bond donors (Lipinski definition) is 2. The minimum Gasteiger partial charge on any atom is -0.361 e. The molecule has 2 N–H and O–H groups in total. The van der Waals surface area contributed by atoms with Crippen LogP contribution in [-0.4, -0.2) is 94.9 Å². The van der Waals surface area contributed by atoms with Gasteiger partial charge in [-0.2, -0.15) is 0 Å². The first-order valence-electron chi connectivity index (χ1n) is 12.5. The van der Waals surface area contributed by atoms with E-state index in [0.717, 1.165) is 42.6 Å². The lowest BCUT2D eigenvalue weighted by molar-refractivity contribution is -0.135. The van der Waals surface area contributed by atoms with Crippen LogP contribution in [0.2, 0.25) is 0 Å². The van der Waals surface area contributed by atoms with E-state index in [0.29, 0.717) is 31.1 Å². The van der Waals surface area contributed by atoms with Crippen LogP contribution in [0.15, 0.2) is 55.0 Å². The van der Waals surface area contributed by atoms with Gasteiger partial charge in [0.15, 0.2) is 0 Å². The fourth-order valence-corrected chi connectivity index (χ4v) is 5.27. The smallest absolute Gasteiger partial charge is 0.252 e. The van der Waals surface area contributed by atoms with Crippen LogP contribution in [0.3, 0.4) is 0 Å². The third kappa shape index (κ3) is 6.06. The zero-order valence-electron chi connectivity index (χ0n) is 20.7. The Morgan fingerprint density at radius 2 is 1.75 bits per heavy atom. The lowest BCUT2D eigenvalue weighted by atomic mass is 10.0. The zero-order chi connectivity index (χ0) is 24.2. The van der Waals surface area contributed by atoms with Crippen LogP contribution >= 0.6 is 12.4 Å². The molecule has 2 saturated heterocycles. The van der Waals surface area contributed by atoms with E-state index < -0.39 is 6.04 Å². The molecule has 5 rings (SSSR count). The Morgan fingerprint density at radius 3 is 2.47 bits per heavy atom. The van der Waals surface area contributed by atoms with E-state index in [-0.39, 0.29) is 24.2 Å². The van der Waals surface area contributed by atoms with E-state index in [1.54, 1.807) is 18.5 Å². The van der Waals surface area contributed by atoms with Crippen molar-refractivity contribution >= 4 is 35.1 Å². The minimum absolute atomic E-state index is 0. The number of H-pyrrole nitrogens is 1. The Bertz CT molecular complexity index is 1150. The molecule has 2 fully saturated rings. The third-order valence-corrected chi connectivity index (χ3v) is 7.44. The first-order chi connectivity index (χ1) is 17.1. The third-order valence-electron chi connectivity index (χ3n) is 7.44. The average Bonchev–Trinajstić information content (AvgIpc) is 3.37. The molecule has 4 heterocycles. The molecule has 0 spiro atoms. The minimum atomic E-state index is -0.626. The molecule has 1 atom stereocenters. The van der Waals surface area contributed by atoms with Gasteiger partial charge >= 0.3 is 0 Å². The molecule has 3 aromatic rings. The summed E-state index contributed by atoms with van der Waals surface area (Å²) in [5.74, 6) is -0.252. The topological polar surface area (TPSA) is 84.6 Å². The van der Waals surface area contributed by atoms with Crippen LogP contribution in [0.1, 0.15) is 28.8 Å². The highest BCUT2D eigenvalue weighted by Gasteiger charge is 2.32. The average molecular weight is 511 g/mol. The Kier molecular flexibility index (Phi) is 8.61. The molecule has 8 nitrogen and oxygen atoms in total. The molecule has 192 valence electrons. The molecule has 2 amide bonds. The summed E-state index contributed by atoms with van der Waals surface area (Å²) in [6.07, 6.45) is 8.11. The fraction of sp³-hybridized carbons (Fsp3) is 0.444. The molecule has 0 radical (unpaired) electrons. The second-order valence-corrected chi connectivity index (χ2v) is 9.76. The predicted molar refractivity (Wildman–Crippen MR) is 143 cm³/mol. The summed E-state index contributed by atoms with van der Waals surface area (Å²) < 4.78 is 0. The van der Waals surface area contributed by atoms with Crippen molar-refractivity contribution in [3.8, 4) is 0 Å². The van der Waals surface area contributed by atoms with Crippen molar-refractivity contribution in [1.29, 1.82) is 0 Å². The number of aromatic amines is 1. The number of amides is 2. The quantitative estimate of drug-likeness (QED) is 0.532. The van der Waals surface area contributed by atoms with E-state index in [1.165, 1.54) is 12.8 Å². The van der Waals surface area contributed by atoms with Gasteiger partial charge in [0.25, 0.3) is 5.91 Å². The molecule has 0 saturated carbocycles. The number of halogens is 1. The van der Waals surface area contributed by atoms with Crippen LogP contribution < -0.4 is 5.32 Å². The largest absolute Gasteiger partial charge is 0.361 e. The number of fused-ring (bicyclic) bond motifs is 1. The SMILES string of the molecule is CN1CCC(N2CCN(C(=O)[C@@H](Cc3ccncc3)NC(=O)c3ccc4cc[nH]c4c3)CC2)CC1.Cl. The van der Waals surface area contributed by atoms with E-state index >= 15 is 0 Å². The van der Waals surface area contributed by atoms with Crippen molar-refractivity contribution < 1.29 is 9.59 Å². The number of piperidine rings is 1. The maximum Gasteiger partial charge on any atom is 0.252 e. The van der Waals surface area contributed by atoms with Crippen LogP contribution in [-0.2, 0) is 11.2 Å². The van der Waals surface area contributed by atoms with Crippen molar-refractivity contribution in [3.05, 3.63) is 66.1 Å². The summed E-state index contributed by atoms with van der Waals surface area (Å²) >= 11 is 0. The van der Waals surface area contributed by atoms with E-state index in [4.69, 9.17) is 0 Å². The molecule has 2 aliphatic heterocycles. The summed E-state index contributed by atoms with van der Waals surface area (Å²) in [6, 6.07) is 11.3. The van der Waals surface area contributed by atoms with Gasteiger partial charge in [0, 0.05) is 68.3 Å². The van der Waals surface area contributed by atoms with Crippen molar-refractivity contribution in [2.75, 3.05) is 46.3 Å². The number of pyridine rings is 1. The van der Waals surface area contributed by atoms with Crippen molar-refractivity contribution in [1.82, 2.24) is 30.0 Å². The predicted octanol–water partition coefficient (Wildman–Crippen LogP) is 2.56. The second-order valence-electron chi connectivity index (χ2n) is 9.76. The van der Waals surface area contributed by atoms with Crippen LogP contribution in [0.5, 0.6) is 0 Å². The number of carbonyl (C=O) groups excluding carboxylic acids is 2. The van der Waals surface area contributed by atoms with Gasteiger partial charge in [-0.3, -0.25) is 19.5 Å². The highest BCUT2D eigenvalue weighted by Crippen LogP contribution is 2.19. The Labute approximate surface area is 218 Å². The second kappa shape index (κ2) is 11.9. The Morgan fingerprint density at radius 1 is 1.03 bits per heavy atom.